The summed E-state index contributed by atoms with van der Waals surface area (Å²) < 4.78 is 23.1. The molecule has 6 nitrogen and oxygen atoms in total. The van der Waals surface area contributed by atoms with Gasteiger partial charge in [0.15, 0.2) is 9.84 Å². The molecule has 0 unspecified atom stereocenters. The summed E-state index contributed by atoms with van der Waals surface area (Å²) in [6, 6.07) is 0.0599. The zero-order valence-corrected chi connectivity index (χ0v) is 11.7. The van der Waals surface area contributed by atoms with Crippen LogP contribution in [0.1, 0.15) is 44.9 Å². The Labute approximate surface area is 113 Å². The standard InChI is InChI=1S/C12H21NO5S/c14-11(9-19(17,18)8-7-12(15)16)13-10-5-3-1-2-4-6-10/h10H,1-9H2,(H,13,14)(H,15,16). The number of rotatable bonds is 6. The summed E-state index contributed by atoms with van der Waals surface area (Å²) in [6.07, 6.45) is 5.74. The summed E-state index contributed by atoms with van der Waals surface area (Å²) in [5, 5.41) is 11.2. The molecule has 0 aromatic rings. The van der Waals surface area contributed by atoms with Gasteiger partial charge >= 0.3 is 5.97 Å². The fourth-order valence-electron chi connectivity index (χ4n) is 2.21. The summed E-state index contributed by atoms with van der Waals surface area (Å²) >= 11 is 0. The van der Waals surface area contributed by atoms with Gasteiger partial charge in [-0.05, 0) is 12.8 Å². The van der Waals surface area contributed by atoms with Gasteiger partial charge in [0.1, 0.15) is 5.75 Å². The minimum absolute atomic E-state index is 0.0599. The van der Waals surface area contributed by atoms with E-state index >= 15 is 0 Å². The van der Waals surface area contributed by atoms with Gasteiger partial charge in [-0.15, -0.1) is 0 Å². The molecule has 0 aromatic heterocycles. The number of hydrogen-bond donors (Lipinski definition) is 2. The van der Waals surface area contributed by atoms with E-state index in [2.05, 4.69) is 5.32 Å². The fraction of sp³-hybridized carbons (Fsp3) is 0.833. The van der Waals surface area contributed by atoms with Gasteiger partial charge in [-0.25, -0.2) is 8.42 Å². The van der Waals surface area contributed by atoms with Crippen molar-refractivity contribution < 1.29 is 23.1 Å². The van der Waals surface area contributed by atoms with Crippen LogP contribution in [0, 0.1) is 0 Å². The first kappa shape index (κ1) is 15.9. The molecule has 1 amide bonds. The van der Waals surface area contributed by atoms with Gasteiger partial charge in [0.05, 0.1) is 12.2 Å². The first-order chi connectivity index (χ1) is 8.89. The molecule has 19 heavy (non-hydrogen) atoms. The summed E-state index contributed by atoms with van der Waals surface area (Å²) in [6.45, 7) is 0. The highest BCUT2D eigenvalue weighted by atomic mass is 32.2. The first-order valence-corrected chi connectivity index (χ1v) is 8.43. The van der Waals surface area contributed by atoms with Gasteiger partial charge in [0.2, 0.25) is 5.91 Å². The molecule has 1 aliphatic carbocycles. The van der Waals surface area contributed by atoms with Crippen LogP contribution in [0.2, 0.25) is 0 Å². The average molecular weight is 291 g/mol. The molecule has 0 heterocycles. The third-order valence-electron chi connectivity index (χ3n) is 3.20. The highest BCUT2D eigenvalue weighted by Crippen LogP contribution is 2.17. The SMILES string of the molecule is O=C(O)CCS(=O)(=O)CC(=O)NC1CCCCCC1. The van der Waals surface area contributed by atoms with Crippen molar-refractivity contribution in [1.82, 2.24) is 5.32 Å². The Kier molecular flexibility index (Phi) is 6.27. The molecule has 2 N–H and O–H groups in total. The van der Waals surface area contributed by atoms with Gasteiger partial charge in [-0.2, -0.15) is 0 Å². The molecule has 110 valence electrons. The monoisotopic (exact) mass is 291 g/mol. The lowest BCUT2D eigenvalue weighted by atomic mass is 10.1. The third kappa shape index (κ3) is 7.15. The number of amides is 1. The Morgan fingerprint density at radius 3 is 2.21 bits per heavy atom. The minimum atomic E-state index is -3.63. The summed E-state index contributed by atoms with van der Waals surface area (Å²) in [5.41, 5.74) is 0. The molecule has 0 atom stereocenters. The summed E-state index contributed by atoms with van der Waals surface area (Å²) in [5.74, 6) is -2.79. The van der Waals surface area contributed by atoms with Crippen LogP contribution in [0.15, 0.2) is 0 Å². The van der Waals surface area contributed by atoms with Crippen LogP contribution < -0.4 is 5.32 Å². The van der Waals surface area contributed by atoms with Crippen LogP contribution in [0.4, 0.5) is 0 Å². The van der Waals surface area contributed by atoms with E-state index in [1.165, 1.54) is 0 Å². The Hall–Kier alpha value is -1.11. The van der Waals surface area contributed by atoms with Gasteiger partial charge in [-0.1, -0.05) is 25.7 Å². The molecule has 0 bridgehead atoms. The Morgan fingerprint density at radius 2 is 1.68 bits per heavy atom. The fourth-order valence-corrected chi connectivity index (χ4v) is 3.32. The molecule has 1 aliphatic rings. The van der Waals surface area contributed by atoms with E-state index in [1.54, 1.807) is 0 Å². The quantitative estimate of drug-likeness (QED) is 0.702. The molecule has 1 fully saturated rings. The van der Waals surface area contributed by atoms with Crippen molar-refractivity contribution >= 4 is 21.7 Å². The lowest BCUT2D eigenvalue weighted by molar-refractivity contribution is -0.136. The van der Waals surface area contributed by atoms with Crippen molar-refractivity contribution in [2.24, 2.45) is 0 Å². The van der Waals surface area contributed by atoms with Gasteiger partial charge in [0.25, 0.3) is 0 Å². The molecular formula is C12H21NO5S. The maximum absolute atomic E-state index is 11.6. The van der Waals surface area contributed by atoms with Crippen molar-refractivity contribution in [3.8, 4) is 0 Å². The van der Waals surface area contributed by atoms with E-state index < -0.39 is 39.6 Å². The second-order valence-corrected chi connectivity index (χ2v) is 7.18. The lowest BCUT2D eigenvalue weighted by Gasteiger charge is -2.16. The number of carboxylic acid groups (broad SMARTS) is 1. The molecule has 7 heteroatoms. The van der Waals surface area contributed by atoms with Gasteiger partial charge < -0.3 is 10.4 Å². The molecule has 0 aromatic carbocycles. The normalized spacial score (nSPS) is 17.7. The smallest absolute Gasteiger partial charge is 0.304 e. The molecular weight excluding hydrogens is 270 g/mol. The van der Waals surface area contributed by atoms with Crippen LogP contribution >= 0.6 is 0 Å². The summed E-state index contributed by atoms with van der Waals surface area (Å²) in [7, 11) is -3.63. The van der Waals surface area contributed by atoms with Crippen molar-refractivity contribution in [1.29, 1.82) is 0 Å². The van der Waals surface area contributed by atoms with Crippen LogP contribution in [0.3, 0.4) is 0 Å². The number of sulfone groups is 1. The minimum Gasteiger partial charge on any atom is -0.481 e. The molecule has 0 aliphatic heterocycles. The predicted molar refractivity (Wildman–Crippen MR) is 70.5 cm³/mol. The maximum atomic E-state index is 11.6. The summed E-state index contributed by atoms with van der Waals surface area (Å²) in [4.78, 5) is 22.0. The van der Waals surface area contributed by atoms with E-state index in [4.69, 9.17) is 5.11 Å². The van der Waals surface area contributed by atoms with E-state index in [9.17, 15) is 18.0 Å². The van der Waals surface area contributed by atoms with Crippen LogP contribution in [0.25, 0.3) is 0 Å². The molecule has 1 saturated carbocycles. The van der Waals surface area contributed by atoms with Gasteiger partial charge in [-0.3, -0.25) is 9.59 Å². The molecule has 1 rings (SSSR count). The number of carbonyl (C=O) groups excluding carboxylic acids is 1. The van der Waals surface area contributed by atoms with E-state index in [1.807, 2.05) is 0 Å². The van der Waals surface area contributed by atoms with E-state index in [0.29, 0.717) is 0 Å². The number of nitrogens with one attached hydrogen (secondary N) is 1. The Morgan fingerprint density at radius 1 is 1.11 bits per heavy atom. The highest BCUT2D eigenvalue weighted by Gasteiger charge is 2.21. The highest BCUT2D eigenvalue weighted by molar-refractivity contribution is 7.92. The van der Waals surface area contributed by atoms with Crippen LogP contribution in [-0.4, -0.2) is 42.9 Å². The van der Waals surface area contributed by atoms with Crippen LogP contribution in [0.5, 0.6) is 0 Å². The number of carboxylic acids is 1. The van der Waals surface area contributed by atoms with E-state index in [0.717, 1.165) is 38.5 Å². The average Bonchev–Trinajstić information content (AvgIpc) is 2.54. The second-order valence-electron chi connectivity index (χ2n) is 4.99. The molecule has 0 saturated heterocycles. The van der Waals surface area contributed by atoms with Crippen molar-refractivity contribution in [2.75, 3.05) is 11.5 Å². The topological polar surface area (TPSA) is 101 Å². The zero-order chi connectivity index (χ0) is 14.3. The van der Waals surface area contributed by atoms with E-state index in [-0.39, 0.29) is 6.04 Å². The number of hydrogen-bond acceptors (Lipinski definition) is 4. The maximum Gasteiger partial charge on any atom is 0.304 e. The van der Waals surface area contributed by atoms with Crippen molar-refractivity contribution in [3.63, 3.8) is 0 Å². The van der Waals surface area contributed by atoms with Crippen molar-refractivity contribution in [3.05, 3.63) is 0 Å². The number of aliphatic carboxylic acids is 1. The molecule has 0 spiro atoms. The third-order valence-corrected chi connectivity index (χ3v) is 4.73. The zero-order valence-electron chi connectivity index (χ0n) is 10.9. The number of carbonyl (C=O) groups is 2. The Bertz CT molecular complexity index is 410. The Balaban J connectivity index is 2.38. The first-order valence-electron chi connectivity index (χ1n) is 6.60. The van der Waals surface area contributed by atoms with Crippen molar-refractivity contribution in [2.45, 2.75) is 51.0 Å². The largest absolute Gasteiger partial charge is 0.481 e. The lowest BCUT2D eigenvalue weighted by Crippen LogP contribution is -2.38. The van der Waals surface area contributed by atoms with Crippen LogP contribution in [-0.2, 0) is 19.4 Å². The predicted octanol–water partition coefficient (Wildman–Crippen LogP) is 0.715. The second kappa shape index (κ2) is 7.47. The van der Waals surface area contributed by atoms with Gasteiger partial charge in [0, 0.05) is 6.04 Å². The molecule has 0 radical (unpaired) electrons.